The largest absolute Gasteiger partial charge is 0.493 e. The molecule has 0 heterocycles. The number of hydrogen-bond donors (Lipinski definition) is 0. The third-order valence-electron chi connectivity index (χ3n) is 7.20. The van der Waals surface area contributed by atoms with E-state index in [2.05, 4.69) is 110 Å². The summed E-state index contributed by atoms with van der Waals surface area (Å²) >= 11 is 0. The van der Waals surface area contributed by atoms with E-state index in [0.717, 1.165) is 18.8 Å². The van der Waals surface area contributed by atoms with Crippen LogP contribution < -0.4 is 4.74 Å². The zero-order valence-corrected chi connectivity index (χ0v) is 20.2. The summed E-state index contributed by atoms with van der Waals surface area (Å²) in [5.74, 6) is 1.01. The molecule has 0 unspecified atom stereocenters. The number of hydrogen-bond acceptors (Lipinski definition) is 1. The van der Waals surface area contributed by atoms with Crippen molar-refractivity contribution in [3.05, 3.63) is 125 Å². The summed E-state index contributed by atoms with van der Waals surface area (Å²) in [6, 6.07) is 37.4. The van der Waals surface area contributed by atoms with Crippen molar-refractivity contribution < 1.29 is 4.74 Å². The van der Waals surface area contributed by atoms with E-state index in [1.54, 1.807) is 0 Å². The van der Waals surface area contributed by atoms with Crippen molar-refractivity contribution in [2.24, 2.45) is 0 Å². The smallest absolute Gasteiger partial charge is 0.127 e. The Morgan fingerprint density at radius 1 is 0.559 bits per heavy atom. The van der Waals surface area contributed by atoms with E-state index in [9.17, 15) is 0 Å². The Morgan fingerprint density at radius 3 is 1.85 bits per heavy atom. The summed E-state index contributed by atoms with van der Waals surface area (Å²) in [5, 5.41) is 0. The fraction of sp³-hybridized carbons (Fsp3) is 0.273. The highest BCUT2D eigenvalue weighted by molar-refractivity contribution is 5.89. The lowest BCUT2D eigenvalue weighted by Crippen LogP contribution is -2.28. The topological polar surface area (TPSA) is 9.23 Å². The lowest BCUT2D eigenvalue weighted by Gasteiger charge is -2.33. The van der Waals surface area contributed by atoms with E-state index in [1.807, 2.05) is 0 Å². The molecule has 4 aromatic carbocycles. The Hall–Kier alpha value is -3.32. The lowest BCUT2D eigenvalue weighted by molar-refractivity contribution is 0.305. The first-order chi connectivity index (χ1) is 16.9. The standard InChI is InChI=1S/C33H34O/c1-2-3-4-5-6-15-25-34-31-24-16-23-30-32(31)28-21-13-14-22-29(28)33(30,26-17-9-7-10-18-26)27-19-11-8-12-20-27/h7-14,16-24H,2-6,15,25H2,1H3. The van der Waals surface area contributed by atoms with Gasteiger partial charge < -0.3 is 4.74 Å². The molecule has 1 nitrogen and oxygen atoms in total. The molecule has 0 spiro atoms. The second-order valence-corrected chi connectivity index (χ2v) is 9.32. The number of ether oxygens (including phenoxy) is 1. The molecule has 0 aliphatic heterocycles. The van der Waals surface area contributed by atoms with Crippen LogP contribution in [0.5, 0.6) is 5.75 Å². The van der Waals surface area contributed by atoms with Crippen LogP contribution in [0.2, 0.25) is 0 Å². The average molecular weight is 447 g/mol. The Balaban J connectivity index is 1.59. The van der Waals surface area contributed by atoms with Crippen LogP contribution in [0, 0.1) is 0 Å². The van der Waals surface area contributed by atoms with Gasteiger partial charge >= 0.3 is 0 Å². The van der Waals surface area contributed by atoms with Crippen molar-refractivity contribution in [2.75, 3.05) is 6.61 Å². The van der Waals surface area contributed by atoms with Gasteiger partial charge in [-0.25, -0.2) is 0 Å². The highest BCUT2D eigenvalue weighted by Crippen LogP contribution is 2.58. The molecule has 172 valence electrons. The van der Waals surface area contributed by atoms with Gasteiger partial charge in [-0.05, 0) is 40.3 Å². The minimum atomic E-state index is -0.353. The summed E-state index contributed by atoms with van der Waals surface area (Å²) in [6.07, 6.45) is 7.61. The summed E-state index contributed by atoms with van der Waals surface area (Å²) in [6.45, 7) is 3.04. The van der Waals surface area contributed by atoms with Gasteiger partial charge in [0.15, 0.2) is 0 Å². The molecule has 0 fully saturated rings. The van der Waals surface area contributed by atoms with Gasteiger partial charge in [0.25, 0.3) is 0 Å². The first kappa shape index (κ1) is 22.5. The van der Waals surface area contributed by atoms with Gasteiger partial charge in [0.05, 0.1) is 12.0 Å². The van der Waals surface area contributed by atoms with Gasteiger partial charge in [0.2, 0.25) is 0 Å². The number of rotatable bonds is 10. The minimum absolute atomic E-state index is 0.353. The second-order valence-electron chi connectivity index (χ2n) is 9.32. The van der Waals surface area contributed by atoms with Gasteiger partial charge in [-0.3, -0.25) is 0 Å². The fourth-order valence-corrected chi connectivity index (χ4v) is 5.64. The first-order valence-electron chi connectivity index (χ1n) is 12.8. The fourth-order valence-electron chi connectivity index (χ4n) is 5.64. The predicted molar refractivity (Wildman–Crippen MR) is 143 cm³/mol. The monoisotopic (exact) mass is 446 g/mol. The number of benzene rings is 4. The van der Waals surface area contributed by atoms with Gasteiger partial charge in [-0.1, -0.05) is 136 Å². The molecular formula is C33H34O. The van der Waals surface area contributed by atoms with Crippen LogP contribution in [0.4, 0.5) is 0 Å². The van der Waals surface area contributed by atoms with E-state index < -0.39 is 0 Å². The van der Waals surface area contributed by atoms with E-state index in [0.29, 0.717) is 0 Å². The minimum Gasteiger partial charge on any atom is -0.493 e. The Kier molecular flexibility index (Phi) is 6.81. The molecule has 4 aromatic rings. The van der Waals surface area contributed by atoms with Crippen molar-refractivity contribution in [1.29, 1.82) is 0 Å². The highest BCUT2D eigenvalue weighted by atomic mass is 16.5. The zero-order valence-electron chi connectivity index (χ0n) is 20.2. The van der Waals surface area contributed by atoms with Crippen LogP contribution in [0.1, 0.15) is 67.7 Å². The van der Waals surface area contributed by atoms with Gasteiger partial charge in [-0.15, -0.1) is 0 Å². The van der Waals surface area contributed by atoms with Crippen molar-refractivity contribution in [1.82, 2.24) is 0 Å². The van der Waals surface area contributed by atoms with Crippen molar-refractivity contribution >= 4 is 0 Å². The van der Waals surface area contributed by atoms with E-state index in [4.69, 9.17) is 4.74 Å². The second kappa shape index (κ2) is 10.3. The molecule has 0 N–H and O–H groups in total. The maximum Gasteiger partial charge on any atom is 0.127 e. The quantitative estimate of drug-likeness (QED) is 0.195. The van der Waals surface area contributed by atoms with Crippen LogP contribution in [0.15, 0.2) is 103 Å². The van der Waals surface area contributed by atoms with Crippen LogP contribution in [-0.2, 0) is 5.41 Å². The molecule has 5 rings (SSSR count). The highest BCUT2D eigenvalue weighted by Gasteiger charge is 2.46. The van der Waals surface area contributed by atoms with Crippen LogP contribution in [-0.4, -0.2) is 6.61 Å². The molecule has 0 saturated carbocycles. The normalized spacial score (nSPS) is 13.3. The molecule has 1 aliphatic rings. The molecule has 1 aliphatic carbocycles. The number of unbranched alkanes of at least 4 members (excludes halogenated alkanes) is 5. The van der Waals surface area contributed by atoms with E-state index >= 15 is 0 Å². The third kappa shape index (κ3) is 3.94. The van der Waals surface area contributed by atoms with E-state index in [-0.39, 0.29) is 5.41 Å². The molecule has 0 radical (unpaired) electrons. The van der Waals surface area contributed by atoms with Gasteiger partial charge in [0, 0.05) is 5.56 Å². The third-order valence-corrected chi connectivity index (χ3v) is 7.20. The molecule has 0 saturated heterocycles. The molecule has 34 heavy (non-hydrogen) atoms. The Labute approximate surface area is 204 Å². The van der Waals surface area contributed by atoms with Gasteiger partial charge in [0.1, 0.15) is 5.75 Å². The van der Waals surface area contributed by atoms with Crippen LogP contribution in [0.3, 0.4) is 0 Å². The zero-order chi connectivity index (χ0) is 23.2. The molecule has 0 amide bonds. The Morgan fingerprint density at radius 2 is 1.15 bits per heavy atom. The van der Waals surface area contributed by atoms with E-state index in [1.165, 1.54) is 65.5 Å². The molecule has 0 bridgehead atoms. The maximum absolute atomic E-state index is 6.48. The summed E-state index contributed by atoms with van der Waals surface area (Å²) in [7, 11) is 0. The summed E-state index contributed by atoms with van der Waals surface area (Å²) in [4.78, 5) is 0. The van der Waals surface area contributed by atoms with Crippen LogP contribution >= 0.6 is 0 Å². The average Bonchev–Trinajstić information content (AvgIpc) is 3.21. The first-order valence-corrected chi connectivity index (χ1v) is 12.8. The van der Waals surface area contributed by atoms with Crippen LogP contribution in [0.25, 0.3) is 11.1 Å². The molecule has 1 heteroatoms. The predicted octanol–water partition coefficient (Wildman–Crippen LogP) is 8.79. The SMILES string of the molecule is CCCCCCCCOc1cccc2c1-c1ccccc1C2(c1ccccc1)c1ccccc1. The van der Waals surface area contributed by atoms with Gasteiger partial charge in [-0.2, -0.15) is 0 Å². The maximum atomic E-state index is 6.48. The molecular weight excluding hydrogens is 412 g/mol. The Bertz CT molecular complexity index is 1170. The van der Waals surface area contributed by atoms with Crippen molar-refractivity contribution in [3.63, 3.8) is 0 Å². The molecule has 0 aromatic heterocycles. The summed E-state index contributed by atoms with van der Waals surface area (Å²) in [5.41, 5.74) is 7.40. The number of fused-ring (bicyclic) bond motifs is 3. The van der Waals surface area contributed by atoms with Crippen molar-refractivity contribution in [3.8, 4) is 16.9 Å². The van der Waals surface area contributed by atoms with Crippen molar-refractivity contribution in [2.45, 2.75) is 50.9 Å². The lowest BCUT2D eigenvalue weighted by atomic mass is 9.68. The summed E-state index contributed by atoms with van der Waals surface area (Å²) < 4.78 is 6.48. The molecule has 0 atom stereocenters.